The Bertz CT molecular complexity index is 608. The van der Waals surface area contributed by atoms with Crippen LogP contribution in [0.25, 0.3) is 0 Å². The van der Waals surface area contributed by atoms with Crippen LogP contribution in [0.1, 0.15) is 25.8 Å². The first kappa shape index (κ1) is 19.5. The molecule has 140 valence electrons. The largest absolute Gasteiger partial charge is 0.493 e. The summed E-state index contributed by atoms with van der Waals surface area (Å²) >= 11 is 0. The van der Waals surface area contributed by atoms with E-state index in [0.29, 0.717) is 24.6 Å². The topological polar surface area (TPSA) is 68.0 Å². The highest BCUT2D eigenvalue weighted by Gasteiger charge is 2.37. The molecule has 0 aromatic heterocycles. The summed E-state index contributed by atoms with van der Waals surface area (Å²) in [6.07, 6.45) is 1.04. The third-order valence-electron chi connectivity index (χ3n) is 5.23. The Morgan fingerprint density at radius 2 is 2.04 bits per heavy atom. The zero-order valence-electron chi connectivity index (χ0n) is 16.0. The third-order valence-corrected chi connectivity index (χ3v) is 5.23. The minimum atomic E-state index is -0.140. The summed E-state index contributed by atoms with van der Waals surface area (Å²) in [6, 6.07) is 5.59. The number of carbonyl (C=O) groups excluding carboxylic acids is 1. The van der Waals surface area contributed by atoms with Crippen molar-refractivity contribution in [3.63, 3.8) is 0 Å². The number of nitrogens with zero attached hydrogens (tertiary/aromatic N) is 2. The molecule has 0 aliphatic carbocycles. The van der Waals surface area contributed by atoms with E-state index in [1.54, 1.807) is 19.1 Å². The van der Waals surface area contributed by atoms with Crippen LogP contribution in [0, 0.1) is 5.41 Å². The Morgan fingerprint density at radius 1 is 1.36 bits per heavy atom. The molecule has 2 rings (SSSR count). The molecule has 6 nitrogen and oxygen atoms in total. The lowest BCUT2D eigenvalue weighted by molar-refractivity contribution is -0.135. The lowest BCUT2D eigenvalue weighted by atomic mass is 9.90. The lowest BCUT2D eigenvalue weighted by Gasteiger charge is -2.29. The number of carbonyl (C=O) groups is 1. The van der Waals surface area contributed by atoms with E-state index in [0.717, 1.165) is 25.1 Å². The van der Waals surface area contributed by atoms with E-state index in [9.17, 15) is 4.79 Å². The van der Waals surface area contributed by atoms with Gasteiger partial charge in [-0.2, -0.15) is 0 Å². The van der Waals surface area contributed by atoms with E-state index in [1.807, 2.05) is 32.2 Å². The second-order valence-electron chi connectivity index (χ2n) is 7.29. The first-order valence-electron chi connectivity index (χ1n) is 8.73. The summed E-state index contributed by atoms with van der Waals surface area (Å²) < 4.78 is 10.6. The SMILES string of the molecule is COc1ccc(CN(C)C(=O)C(C)N2CCC(C)(CN)C2)cc1OC. The number of rotatable bonds is 7. The number of hydrogen-bond donors (Lipinski definition) is 1. The number of hydrogen-bond acceptors (Lipinski definition) is 5. The summed E-state index contributed by atoms with van der Waals surface area (Å²) in [6.45, 7) is 7.16. The molecule has 25 heavy (non-hydrogen) atoms. The molecular weight excluding hydrogens is 318 g/mol. The van der Waals surface area contributed by atoms with Crippen LogP contribution in [-0.2, 0) is 11.3 Å². The molecule has 1 aromatic rings. The number of ether oxygens (including phenoxy) is 2. The fourth-order valence-corrected chi connectivity index (χ4v) is 3.37. The Hall–Kier alpha value is -1.79. The zero-order valence-corrected chi connectivity index (χ0v) is 16.0. The minimum absolute atomic E-state index is 0.121. The Balaban J connectivity index is 2.00. The Kier molecular flexibility index (Phi) is 6.30. The normalized spacial score (nSPS) is 21.8. The van der Waals surface area contributed by atoms with Crippen molar-refractivity contribution in [2.45, 2.75) is 32.9 Å². The van der Waals surface area contributed by atoms with Gasteiger partial charge >= 0.3 is 0 Å². The molecule has 2 unspecified atom stereocenters. The van der Waals surface area contributed by atoms with Crippen molar-refractivity contribution >= 4 is 5.91 Å². The van der Waals surface area contributed by atoms with Crippen LogP contribution < -0.4 is 15.2 Å². The summed E-state index contributed by atoms with van der Waals surface area (Å²) in [5.41, 5.74) is 7.01. The van der Waals surface area contributed by atoms with Gasteiger partial charge in [-0.25, -0.2) is 0 Å². The molecule has 1 aromatic carbocycles. The molecule has 1 fully saturated rings. The highest BCUT2D eigenvalue weighted by Crippen LogP contribution is 2.30. The third kappa shape index (κ3) is 4.44. The molecule has 0 saturated carbocycles. The maximum absolute atomic E-state index is 12.8. The first-order valence-corrected chi connectivity index (χ1v) is 8.73. The molecule has 1 aliphatic rings. The Morgan fingerprint density at radius 3 is 2.60 bits per heavy atom. The van der Waals surface area contributed by atoms with Crippen LogP contribution in [0.2, 0.25) is 0 Å². The highest BCUT2D eigenvalue weighted by molar-refractivity contribution is 5.81. The van der Waals surface area contributed by atoms with E-state index in [2.05, 4.69) is 11.8 Å². The number of benzene rings is 1. The predicted molar refractivity (Wildman–Crippen MR) is 98.8 cm³/mol. The maximum atomic E-state index is 12.8. The van der Waals surface area contributed by atoms with Gasteiger partial charge in [0, 0.05) is 20.1 Å². The summed E-state index contributed by atoms with van der Waals surface area (Å²) in [5, 5.41) is 0. The van der Waals surface area contributed by atoms with Gasteiger partial charge < -0.3 is 20.1 Å². The second kappa shape index (κ2) is 8.06. The van der Waals surface area contributed by atoms with Crippen molar-refractivity contribution in [1.29, 1.82) is 0 Å². The molecule has 2 atom stereocenters. The van der Waals surface area contributed by atoms with Gasteiger partial charge in [0.1, 0.15) is 0 Å². The molecule has 1 heterocycles. The molecule has 0 spiro atoms. The number of methoxy groups -OCH3 is 2. The van der Waals surface area contributed by atoms with Crippen LogP contribution in [0.15, 0.2) is 18.2 Å². The van der Waals surface area contributed by atoms with E-state index in [1.165, 1.54) is 0 Å². The molecule has 1 saturated heterocycles. The van der Waals surface area contributed by atoms with Gasteiger partial charge in [0.25, 0.3) is 0 Å². The second-order valence-corrected chi connectivity index (χ2v) is 7.29. The first-order chi connectivity index (χ1) is 11.8. The predicted octanol–water partition coefficient (Wildman–Crippen LogP) is 1.72. The fraction of sp³-hybridized carbons (Fsp3) is 0.632. The van der Waals surface area contributed by atoms with Crippen LogP contribution in [-0.4, -0.2) is 62.7 Å². The van der Waals surface area contributed by atoms with Crippen LogP contribution in [0.4, 0.5) is 0 Å². The number of amides is 1. The van der Waals surface area contributed by atoms with Gasteiger partial charge in [-0.05, 0) is 49.5 Å². The van der Waals surface area contributed by atoms with Crippen molar-refractivity contribution in [1.82, 2.24) is 9.80 Å². The number of likely N-dealkylation sites (N-methyl/N-ethyl adjacent to an activating group) is 1. The van der Waals surface area contributed by atoms with Crippen molar-refractivity contribution in [3.8, 4) is 11.5 Å². The molecule has 6 heteroatoms. The highest BCUT2D eigenvalue weighted by atomic mass is 16.5. The quantitative estimate of drug-likeness (QED) is 0.812. The molecule has 0 bridgehead atoms. The molecule has 1 aliphatic heterocycles. The van der Waals surface area contributed by atoms with Crippen LogP contribution in [0.3, 0.4) is 0 Å². The molecule has 0 radical (unpaired) electrons. The summed E-state index contributed by atoms with van der Waals surface area (Å²) in [4.78, 5) is 16.8. The van der Waals surface area contributed by atoms with Gasteiger partial charge in [0.2, 0.25) is 5.91 Å². The Labute approximate surface area is 150 Å². The van der Waals surface area contributed by atoms with Crippen LogP contribution in [0.5, 0.6) is 11.5 Å². The lowest BCUT2D eigenvalue weighted by Crippen LogP contribution is -2.45. The fourth-order valence-electron chi connectivity index (χ4n) is 3.37. The van der Waals surface area contributed by atoms with E-state index >= 15 is 0 Å². The molecule has 2 N–H and O–H groups in total. The zero-order chi connectivity index (χ0) is 18.6. The van der Waals surface area contributed by atoms with E-state index < -0.39 is 0 Å². The standard InChI is InChI=1S/C19H31N3O3/c1-14(22-9-8-19(2,12-20)13-22)18(23)21(3)11-15-6-7-16(24-4)17(10-15)25-5/h6-7,10,14H,8-9,11-13,20H2,1-5H3. The molecular formula is C19H31N3O3. The smallest absolute Gasteiger partial charge is 0.239 e. The van der Waals surface area contributed by atoms with Gasteiger partial charge in [0.15, 0.2) is 11.5 Å². The number of likely N-dealkylation sites (tertiary alicyclic amines) is 1. The van der Waals surface area contributed by atoms with E-state index in [4.69, 9.17) is 15.2 Å². The average Bonchev–Trinajstić information content (AvgIpc) is 3.03. The van der Waals surface area contributed by atoms with E-state index in [-0.39, 0.29) is 17.4 Å². The number of nitrogens with two attached hydrogens (primary N) is 1. The van der Waals surface area contributed by atoms with Gasteiger partial charge in [-0.1, -0.05) is 13.0 Å². The van der Waals surface area contributed by atoms with Gasteiger partial charge in [-0.3, -0.25) is 9.69 Å². The van der Waals surface area contributed by atoms with Crippen LogP contribution >= 0.6 is 0 Å². The minimum Gasteiger partial charge on any atom is -0.493 e. The van der Waals surface area contributed by atoms with Crippen molar-refractivity contribution in [2.75, 3.05) is 40.9 Å². The summed E-state index contributed by atoms with van der Waals surface area (Å²) in [7, 11) is 5.06. The maximum Gasteiger partial charge on any atom is 0.239 e. The van der Waals surface area contributed by atoms with Crippen molar-refractivity contribution in [2.24, 2.45) is 11.1 Å². The average molecular weight is 349 g/mol. The molecule has 1 amide bonds. The monoisotopic (exact) mass is 349 g/mol. The summed E-state index contributed by atoms with van der Waals surface area (Å²) in [5.74, 6) is 1.48. The van der Waals surface area contributed by atoms with Gasteiger partial charge in [0.05, 0.1) is 20.3 Å². The van der Waals surface area contributed by atoms with Crippen molar-refractivity contribution < 1.29 is 14.3 Å². The van der Waals surface area contributed by atoms with Crippen molar-refractivity contribution in [3.05, 3.63) is 23.8 Å². The van der Waals surface area contributed by atoms with Gasteiger partial charge in [-0.15, -0.1) is 0 Å².